The number of carbonyl (C=O) groups excluding carboxylic acids is 1. The van der Waals surface area contributed by atoms with Gasteiger partial charge in [0.2, 0.25) is 5.91 Å². The minimum Gasteiger partial charge on any atom is -0.352 e. The third-order valence-electron chi connectivity index (χ3n) is 5.31. The Kier molecular flexibility index (Phi) is 3.12. The van der Waals surface area contributed by atoms with Gasteiger partial charge in [-0.05, 0) is 55.9 Å². The highest BCUT2D eigenvalue weighted by Crippen LogP contribution is 2.58. The van der Waals surface area contributed by atoms with E-state index < -0.39 is 0 Å². The zero-order valence-corrected chi connectivity index (χ0v) is 10.7. The molecule has 2 bridgehead atoms. The van der Waals surface area contributed by atoms with E-state index in [1.807, 2.05) is 6.92 Å². The van der Waals surface area contributed by atoms with Gasteiger partial charge in [0.25, 0.3) is 0 Å². The van der Waals surface area contributed by atoms with Crippen LogP contribution in [0.15, 0.2) is 0 Å². The van der Waals surface area contributed by atoms with E-state index >= 15 is 0 Å². The zero-order valence-electron chi connectivity index (χ0n) is 10.7. The Morgan fingerprint density at radius 2 is 2.00 bits per heavy atom. The van der Waals surface area contributed by atoms with Crippen molar-refractivity contribution in [3.63, 3.8) is 0 Å². The second-order valence-corrected chi connectivity index (χ2v) is 6.11. The van der Waals surface area contributed by atoms with Crippen LogP contribution in [0, 0.1) is 23.7 Å². The van der Waals surface area contributed by atoms with Gasteiger partial charge >= 0.3 is 0 Å². The van der Waals surface area contributed by atoms with Gasteiger partial charge in [-0.2, -0.15) is 0 Å². The van der Waals surface area contributed by atoms with E-state index in [4.69, 9.17) is 0 Å². The van der Waals surface area contributed by atoms with Crippen LogP contribution in [0.1, 0.15) is 39.0 Å². The molecular formula is C14H24N2O. The van der Waals surface area contributed by atoms with Gasteiger partial charge < -0.3 is 10.6 Å². The Morgan fingerprint density at radius 3 is 2.82 bits per heavy atom. The standard InChI is InChI=1S/C14H24N2O/c1-2-15-8-14(17)16-13-7-9-6-12(13)11-5-3-4-10(9)11/h9-13,15H,2-8H2,1H3,(H,16,17). The number of hydrogen-bond donors (Lipinski definition) is 2. The van der Waals surface area contributed by atoms with E-state index in [2.05, 4.69) is 10.6 Å². The van der Waals surface area contributed by atoms with Crippen molar-refractivity contribution < 1.29 is 4.79 Å². The summed E-state index contributed by atoms with van der Waals surface area (Å²) in [6.07, 6.45) is 6.96. The maximum Gasteiger partial charge on any atom is 0.234 e. The van der Waals surface area contributed by atoms with Crippen LogP contribution < -0.4 is 10.6 Å². The third-order valence-corrected chi connectivity index (χ3v) is 5.31. The fourth-order valence-corrected chi connectivity index (χ4v) is 4.73. The zero-order chi connectivity index (χ0) is 11.8. The fraction of sp³-hybridized carbons (Fsp3) is 0.929. The molecule has 0 aromatic rings. The molecule has 3 fully saturated rings. The van der Waals surface area contributed by atoms with Crippen molar-refractivity contribution in [1.82, 2.24) is 10.6 Å². The molecule has 0 saturated heterocycles. The molecule has 0 aliphatic heterocycles. The maximum atomic E-state index is 11.8. The minimum atomic E-state index is 0.193. The monoisotopic (exact) mass is 236 g/mol. The van der Waals surface area contributed by atoms with Crippen LogP contribution >= 0.6 is 0 Å². The molecule has 0 spiro atoms. The van der Waals surface area contributed by atoms with Crippen LogP contribution in [0.4, 0.5) is 0 Å². The van der Waals surface area contributed by atoms with E-state index in [1.165, 1.54) is 32.1 Å². The molecule has 17 heavy (non-hydrogen) atoms. The van der Waals surface area contributed by atoms with E-state index in [0.29, 0.717) is 12.6 Å². The highest BCUT2D eigenvalue weighted by molar-refractivity contribution is 5.78. The lowest BCUT2D eigenvalue weighted by Crippen LogP contribution is -2.45. The van der Waals surface area contributed by atoms with Gasteiger partial charge in [0.05, 0.1) is 6.54 Å². The van der Waals surface area contributed by atoms with E-state index in [-0.39, 0.29) is 5.91 Å². The summed E-state index contributed by atoms with van der Waals surface area (Å²) in [6, 6.07) is 0.491. The fourth-order valence-electron chi connectivity index (χ4n) is 4.73. The summed E-state index contributed by atoms with van der Waals surface area (Å²) in [6.45, 7) is 3.39. The molecule has 5 unspecified atom stereocenters. The van der Waals surface area contributed by atoms with Gasteiger partial charge in [-0.25, -0.2) is 0 Å². The second-order valence-electron chi connectivity index (χ2n) is 6.11. The quantitative estimate of drug-likeness (QED) is 0.777. The Bertz CT molecular complexity index is 305. The van der Waals surface area contributed by atoms with E-state index in [9.17, 15) is 4.79 Å². The molecule has 3 rings (SSSR count). The first-order valence-electron chi connectivity index (χ1n) is 7.29. The second kappa shape index (κ2) is 4.60. The highest BCUT2D eigenvalue weighted by Gasteiger charge is 2.53. The molecule has 0 heterocycles. The van der Waals surface area contributed by atoms with Gasteiger partial charge in [0.15, 0.2) is 0 Å². The summed E-state index contributed by atoms with van der Waals surface area (Å²) in [5.74, 6) is 3.88. The Hall–Kier alpha value is -0.570. The van der Waals surface area contributed by atoms with Gasteiger partial charge in [0.1, 0.15) is 0 Å². The summed E-state index contributed by atoms with van der Waals surface area (Å²) in [4.78, 5) is 11.8. The number of likely N-dealkylation sites (N-methyl/N-ethyl adjacent to an activating group) is 1. The summed E-state index contributed by atoms with van der Waals surface area (Å²) in [5.41, 5.74) is 0. The molecule has 3 nitrogen and oxygen atoms in total. The number of amides is 1. The summed E-state index contributed by atoms with van der Waals surface area (Å²) in [7, 11) is 0. The largest absolute Gasteiger partial charge is 0.352 e. The Morgan fingerprint density at radius 1 is 1.18 bits per heavy atom. The molecule has 0 aromatic carbocycles. The average Bonchev–Trinajstić information content (AvgIpc) is 2.96. The van der Waals surface area contributed by atoms with Gasteiger partial charge in [-0.3, -0.25) is 4.79 Å². The maximum absolute atomic E-state index is 11.8. The lowest BCUT2D eigenvalue weighted by molar-refractivity contribution is -0.121. The van der Waals surface area contributed by atoms with Crippen LogP contribution in [-0.4, -0.2) is 25.0 Å². The minimum absolute atomic E-state index is 0.193. The topological polar surface area (TPSA) is 41.1 Å². The lowest BCUT2D eigenvalue weighted by atomic mass is 9.79. The summed E-state index contributed by atoms with van der Waals surface area (Å²) in [5, 5.41) is 6.36. The normalized spacial score (nSPS) is 42.8. The van der Waals surface area contributed by atoms with Crippen molar-refractivity contribution in [2.24, 2.45) is 23.7 Å². The predicted octanol–water partition coefficient (Wildman–Crippen LogP) is 1.54. The number of carbonyl (C=O) groups is 1. The first kappa shape index (κ1) is 11.5. The lowest BCUT2D eigenvalue weighted by Gasteiger charge is -2.32. The number of rotatable bonds is 4. The van der Waals surface area contributed by atoms with Crippen molar-refractivity contribution in [2.45, 2.75) is 45.1 Å². The van der Waals surface area contributed by atoms with Crippen molar-refractivity contribution in [1.29, 1.82) is 0 Å². The predicted molar refractivity (Wildman–Crippen MR) is 67.5 cm³/mol. The molecule has 3 heteroatoms. The molecule has 0 aromatic heterocycles. The number of fused-ring (bicyclic) bond motifs is 5. The first-order chi connectivity index (χ1) is 8.29. The molecule has 5 atom stereocenters. The summed E-state index contributed by atoms with van der Waals surface area (Å²) < 4.78 is 0. The Labute approximate surface area is 104 Å². The van der Waals surface area contributed by atoms with Crippen LogP contribution in [0.3, 0.4) is 0 Å². The molecule has 3 aliphatic carbocycles. The van der Waals surface area contributed by atoms with Crippen LogP contribution in [0.5, 0.6) is 0 Å². The smallest absolute Gasteiger partial charge is 0.234 e. The Balaban J connectivity index is 1.55. The van der Waals surface area contributed by atoms with Crippen LogP contribution in [0.25, 0.3) is 0 Å². The average molecular weight is 236 g/mol. The highest BCUT2D eigenvalue weighted by atomic mass is 16.2. The van der Waals surface area contributed by atoms with Gasteiger partial charge in [-0.15, -0.1) is 0 Å². The van der Waals surface area contributed by atoms with Crippen molar-refractivity contribution in [3.05, 3.63) is 0 Å². The van der Waals surface area contributed by atoms with E-state index in [1.54, 1.807) is 0 Å². The molecule has 1 amide bonds. The molecule has 96 valence electrons. The third kappa shape index (κ3) is 1.99. The van der Waals surface area contributed by atoms with Crippen LogP contribution in [-0.2, 0) is 4.79 Å². The van der Waals surface area contributed by atoms with Crippen LogP contribution in [0.2, 0.25) is 0 Å². The van der Waals surface area contributed by atoms with E-state index in [0.717, 1.165) is 30.2 Å². The van der Waals surface area contributed by atoms with Crippen molar-refractivity contribution in [2.75, 3.05) is 13.1 Å². The van der Waals surface area contributed by atoms with Crippen molar-refractivity contribution >= 4 is 5.91 Å². The number of nitrogens with one attached hydrogen (secondary N) is 2. The molecule has 0 radical (unpaired) electrons. The molecular weight excluding hydrogens is 212 g/mol. The van der Waals surface area contributed by atoms with Gasteiger partial charge in [-0.1, -0.05) is 13.3 Å². The van der Waals surface area contributed by atoms with Gasteiger partial charge in [0, 0.05) is 6.04 Å². The summed E-state index contributed by atoms with van der Waals surface area (Å²) >= 11 is 0. The number of hydrogen-bond acceptors (Lipinski definition) is 2. The molecule has 3 aliphatic rings. The van der Waals surface area contributed by atoms with Crippen molar-refractivity contribution in [3.8, 4) is 0 Å². The molecule has 3 saturated carbocycles. The first-order valence-corrected chi connectivity index (χ1v) is 7.29. The SMILES string of the molecule is CCNCC(=O)NC1CC2CC1C1CCCC21. The molecule has 2 N–H and O–H groups in total.